The van der Waals surface area contributed by atoms with E-state index in [1.54, 1.807) is 38.1 Å². The van der Waals surface area contributed by atoms with Crippen LogP contribution in [0, 0.1) is 0 Å². The molecule has 1 aromatic rings. The van der Waals surface area contributed by atoms with E-state index in [1.807, 2.05) is 13.0 Å². The van der Waals surface area contributed by atoms with Crippen molar-refractivity contribution in [1.82, 2.24) is 0 Å². The molecule has 0 radical (unpaired) electrons. The number of benzene rings is 1. The second-order valence-corrected chi connectivity index (χ2v) is 16.4. The fourth-order valence-electron chi connectivity index (χ4n) is 3.53. The summed E-state index contributed by atoms with van der Waals surface area (Å²) in [4.78, 5) is 24.9. The normalized spacial score (nSPS) is 19.8. The third-order valence-corrected chi connectivity index (χ3v) is 7.45. The average molecular weight is 523 g/mol. The van der Waals surface area contributed by atoms with Crippen molar-refractivity contribution in [3.05, 3.63) is 48.0 Å². The van der Waals surface area contributed by atoms with E-state index in [0.29, 0.717) is 12.2 Å². The van der Waals surface area contributed by atoms with Gasteiger partial charge in [-0.2, -0.15) is 0 Å². The molecule has 8 nitrogen and oxygen atoms in total. The highest BCUT2D eigenvalue weighted by Crippen LogP contribution is 2.30. The summed E-state index contributed by atoms with van der Waals surface area (Å²) >= 11 is 0. The minimum absolute atomic E-state index is 0.160. The van der Waals surface area contributed by atoms with Crippen molar-refractivity contribution >= 4 is 20.0 Å². The summed E-state index contributed by atoms with van der Waals surface area (Å²) in [5, 5.41) is 0. The summed E-state index contributed by atoms with van der Waals surface area (Å²) in [5.41, 5.74) is 1.24. The number of carbonyl (C=O) groups is 2. The Hall–Kier alpha value is -2.04. The van der Waals surface area contributed by atoms with Crippen LogP contribution in [0.15, 0.2) is 42.5 Å². The number of rotatable bonds is 14. The van der Waals surface area contributed by atoms with E-state index in [-0.39, 0.29) is 25.9 Å². The van der Waals surface area contributed by atoms with Crippen molar-refractivity contribution in [1.29, 1.82) is 0 Å². The maximum atomic E-state index is 13.2. The molecule has 0 aromatic heterocycles. The Kier molecular flexibility index (Phi) is 11.3. The van der Waals surface area contributed by atoms with Gasteiger partial charge in [0, 0.05) is 33.6 Å². The van der Waals surface area contributed by atoms with Crippen LogP contribution in [-0.4, -0.2) is 64.1 Å². The van der Waals surface area contributed by atoms with Crippen molar-refractivity contribution in [3.63, 3.8) is 0 Å². The van der Waals surface area contributed by atoms with E-state index in [0.717, 1.165) is 11.6 Å². The Morgan fingerprint density at radius 2 is 1.83 bits per heavy atom. The number of carbonyl (C=O) groups excluding carboxylic acids is 2. The molecule has 0 bridgehead atoms. The topological polar surface area (TPSA) is 89.5 Å². The van der Waals surface area contributed by atoms with Crippen LogP contribution in [0.25, 0.3) is 0 Å². The number of hydrogen-bond donors (Lipinski definition) is 0. The third kappa shape index (κ3) is 10.5. The largest absolute Gasteiger partial charge is 0.456 e. The third-order valence-electron chi connectivity index (χ3n) is 5.75. The first-order valence-electron chi connectivity index (χ1n) is 12.4. The van der Waals surface area contributed by atoms with Crippen molar-refractivity contribution in [3.8, 4) is 0 Å². The van der Waals surface area contributed by atoms with Gasteiger partial charge in [-0.1, -0.05) is 56.6 Å². The predicted octanol–water partition coefficient (Wildman–Crippen LogP) is 5.02. The van der Waals surface area contributed by atoms with Crippen LogP contribution in [0.4, 0.5) is 0 Å². The van der Waals surface area contributed by atoms with Crippen LogP contribution >= 0.6 is 0 Å². The molecule has 1 heterocycles. The summed E-state index contributed by atoms with van der Waals surface area (Å²) in [6.07, 6.45) is -2.47. The molecule has 0 spiro atoms. The first kappa shape index (κ1) is 30.2. The molecule has 2 rings (SSSR count). The van der Waals surface area contributed by atoms with E-state index in [9.17, 15) is 9.59 Å². The minimum atomic E-state index is -1.19. The fourth-order valence-corrected chi connectivity index (χ4v) is 4.29. The van der Waals surface area contributed by atoms with Crippen LogP contribution in [0.1, 0.15) is 45.8 Å². The molecule has 0 amide bonds. The number of esters is 2. The van der Waals surface area contributed by atoms with Crippen LogP contribution in [0.2, 0.25) is 25.7 Å². The maximum absolute atomic E-state index is 13.2. The molecule has 1 aliphatic rings. The van der Waals surface area contributed by atoms with Gasteiger partial charge in [0.2, 0.25) is 6.10 Å². The van der Waals surface area contributed by atoms with Crippen molar-refractivity contribution in [2.75, 3.05) is 20.0 Å². The van der Waals surface area contributed by atoms with Crippen LogP contribution in [0.3, 0.4) is 0 Å². The van der Waals surface area contributed by atoms with E-state index in [2.05, 4.69) is 26.2 Å². The number of hydrogen-bond acceptors (Lipinski definition) is 8. The second kappa shape index (κ2) is 13.5. The average Bonchev–Trinajstić information content (AvgIpc) is 3.15. The van der Waals surface area contributed by atoms with E-state index in [4.69, 9.17) is 28.4 Å². The monoisotopic (exact) mass is 522 g/mol. The van der Waals surface area contributed by atoms with Crippen LogP contribution in [-0.2, 0) is 38.0 Å². The lowest BCUT2D eigenvalue weighted by molar-refractivity contribution is -0.182. The molecular weight excluding hydrogens is 480 g/mol. The van der Waals surface area contributed by atoms with Crippen LogP contribution < -0.4 is 0 Å². The van der Waals surface area contributed by atoms with Gasteiger partial charge in [-0.25, -0.2) is 4.79 Å². The zero-order valence-corrected chi connectivity index (χ0v) is 23.7. The highest BCUT2D eigenvalue weighted by atomic mass is 28.3. The molecule has 1 aromatic carbocycles. The van der Waals surface area contributed by atoms with Gasteiger partial charge >= 0.3 is 11.9 Å². The first-order chi connectivity index (χ1) is 16.8. The quantitative estimate of drug-likeness (QED) is 0.111. The fraction of sp³-hybridized carbons (Fsp3) is 0.630. The second-order valence-electron chi connectivity index (χ2n) is 10.8. The molecule has 9 heteroatoms. The van der Waals surface area contributed by atoms with Gasteiger partial charge in [0.25, 0.3) is 0 Å². The van der Waals surface area contributed by atoms with Crippen molar-refractivity contribution in [2.24, 2.45) is 0 Å². The Labute approximate surface area is 216 Å². The standard InChI is InChI=1S/C27H42O8Si/c1-19(20(2)31-18-30-14-15-36(6,7)8)16-23(24-17-32-27(4,5)35-24)34-26(29)25(33-21(3)28)22-12-10-9-11-13-22/h9-13,20,23-25H,1,14-18H2,2-8H3/t20-,23+,24-,25+/m1/s1. The minimum Gasteiger partial charge on any atom is -0.456 e. The van der Waals surface area contributed by atoms with Gasteiger partial charge in [0.1, 0.15) is 19.0 Å². The summed E-state index contributed by atoms with van der Waals surface area (Å²) < 4.78 is 34.3. The molecule has 1 saturated heterocycles. The molecule has 0 unspecified atom stereocenters. The lowest BCUT2D eigenvalue weighted by atomic mass is 10.0. The summed E-state index contributed by atoms with van der Waals surface area (Å²) in [7, 11) is -1.17. The van der Waals surface area contributed by atoms with Gasteiger partial charge in [-0.15, -0.1) is 0 Å². The molecule has 0 N–H and O–H groups in total. The van der Waals surface area contributed by atoms with Gasteiger partial charge in [-0.3, -0.25) is 4.79 Å². The smallest absolute Gasteiger partial charge is 0.352 e. The molecule has 1 aliphatic heterocycles. The van der Waals surface area contributed by atoms with Gasteiger partial charge in [0.15, 0.2) is 5.79 Å². The molecule has 4 atom stereocenters. The Bertz CT molecular complexity index is 864. The molecular formula is C27H42O8Si. The van der Waals surface area contributed by atoms with Gasteiger partial charge in [-0.05, 0) is 32.4 Å². The van der Waals surface area contributed by atoms with E-state index >= 15 is 0 Å². The summed E-state index contributed by atoms with van der Waals surface area (Å²) in [6, 6.07) is 9.81. The molecule has 1 fully saturated rings. The Morgan fingerprint density at radius 3 is 2.39 bits per heavy atom. The van der Waals surface area contributed by atoms with E-state index < -0.39 is 44.1 Å². The molecule has 0 saturated carbocycles. The highest BCUT2D eigenvalue weighted by Gasteiger charge is 2.41. The van der Waals surface area contributed by atoms with Crippen molar-refractivity contribution < 1.29 is 38.0 Å². The lowest BCUT2D eigenvalue weighted by Gasteiger charge is -2.28. The zero-order valence-electron chi connectivity index (χ0n) is 22.7. The highest BCUT2D eigenvalue weighted by molar-refractivity contribution is 6.76. The maximum Gasteiger partial charge on any atom is 0.352 e. The lowest BCUT2D eigenvalue weighted by Crippen LogP contribution is -2.37. The van der Waals surface area contributed by atoms with Crippen molar-refractivity contribution in [2.45, 2.75) is 90.0 Å². The summed E-state index contributed by atoms with van der Waals surface area (Å²) in [5.74, 6) is -2.08. The van der Waals surface area contributed by atoms with Crippen LogP contribution in [0.5, 0.6) is 0 Å². The molecule has 0 aliphatic carbocycles. The van der Waals surface area contributed by atoms with Gasteiger partial charge in [0.05, 0.1) is 12.7 Å². The molecule has 202 valence electrons. The Balaban J connectivity index is 2.06. The van der Waals surface area contributed by atoms with E-state index in [1.165, 1.54) is 6.92 Å². The summed E-state index contributed by atoms with van der Waals surface area (Å²) in [6.45, 7) is 18.8. The first-order valence-corrected chi connectivity index (χ1v) is 16.1. The number of ether oxygens (including phenoxy) is 6. The van der Waals surface area contributed by atoms with Gasteiger partial charge < -0.3 is 28.4 Å². The zero-order chi connectivity index (χ0) is 26.9. The molecule has 36 heavy (non-hydrogen) atoms. The predicted molar refractivity (Wildman–Crippen MR) is 139 cm³/mol. The Morgan fingerprint density at radius 1 is 1.17 bits per heavy atom. The SMILES string of the molecule is C=C(C[C@H](OC(=O)[C@@H](OC(C)=O)c1ccccc1)[C@H]1COC(C)(C)O1)[C@@H](C)OCOCC[Si](C)(C)C.